The van der Waals surface area contributed by atoms with E-state index in [0.717, 1.165) is 6.07 Å². The van der Waals surface area contributed by atoms with E-state index in [1.54, 1.807) is 18.2 Å². The van der Waals surface area contributed by atoms with Gasteiger partial charge in [-0.25, -0.2) is 4.39 Å². The van der Waals surface area contributed by atoms with Gasteiger partial charge in [0.25, 0.3) is 11.8 Å². The van der Waals surface area contributed by atoms with Gasteiger partial charge in [-0.1, -0.05) is 17.7 Å². The van der Waals surface area contributed by atoms with E-state index in [9.17, 15) is 14.0 Å². The number of amides is 2. The normalized spacial score (nSPS) is 12.9. The van der Waals surface area contributed by atoms with Crippen molar-refractivity contribution < 1.29 is 18.7 Å². The number of hydrogen-bond donors (Lipinski definition) is 2. The number of carbonyl (C=O) groups excluding carboxylic acids is 2. The first-order valence-electron chi connectivity index (χ1n) is 6.36. The summed E-state index contributed by atoms with van der Waals surface area (Å²) in [5.74, 6) is -1.06. The van der Waals surface area contributed by atoms with Crippen LogP contribution in [0.15, 0.2) is 36.4 Å². The largest absolute Gasteiger partial charge is 0.479 e. The van der Waals surface area contributed by atoms with Crippen LogP contribution in [0.25, 0.3) is 0 Å². The minimum atomic E-state index is -0.571. The fraction of sp³-hybridized carbons (Fsp3) is 0.0667. The van der Waals surface area contributed by atoms with Crippen LogP contribution in [-0.4, -0.2) is 18.4 Å². The summed E-state index contributed by atoms with van der Waals surface area (Å²) in [6, 6.07) is 8.44. The van der Waals surface area contributed by atoms with Crippen molar-refractivity contribution in [3.8, 4) is 5.75 Å². The smallest absolute Gasteiger partial charge is 0.262 e. The van der Waals surface area contributed by atoms with E-state index >= 15 is 0 Å². The average Bonchev–Trinajstić information content (AvgIpc) is 2.49. The van der Waals surface area contributed by atoms with E-state index in [1.165, 1.54) is 12.1 Å². The summed E-state index contributed by atoms with van der Waals surface area (Å²) in [5, 5.41) is 5.37. The Morgan fingerprint density at radius 2 is 2.14 bits per heavy atom. The van der Waals surface area contributed by atoms with Crippen molar-refractivity contribution in [1.29, 1.82) is 0 Å². The van der Waals surface area contributed by atoms with Gasteiger partial charge in [0, 0.05) is 0 Å². The lowest BCUT2D eigenvalue weighted by Gasteiger charge is -2.20. The van der Waals surface area contributed by atoms with Gasteiger partial charge < -0.3 is 15.4 Å². The fourth-order valence-corrected chi connectivity index (χ4v) is 2.28. The molecule has 0 atom stereocenters. The molecule has 0 saturated carbocycles. The molecular formula is C15H10ClFN2O3. The summed E-state index contributed by atoms with van der Waals surface area (Å²) in [5.41, 5.74) is 0.835. The van der Waals surface area contributed by atoms with Crippen molar-refractivity contribution in [1.82, 2.24) is 0 Å². The molecule has 2 N–H and O–H groups in total. The Morgan fingerprint density at radius 1 is 1.32 bits per heavy atom. The standard InChI is InChI=1S/C15H10ClFN2O3/c16-10-5-4-8(17)6-9(10)15(21)19-12-3-1-2-11-14(12)22-7-13(20)18-11/h1-6H,7H2,(H,18,20)(H,19,21). The molecule has 0 unspecified atom stereocenters. The Hall–Kier alpha value is -2.60. The van der Waals surface area contributed by atoms with E-state index in [0.29, 0.717) is 17.1 Å². The lowest BCUT2D eigenvalue weighted by atomic mass is 10.2. The number of para-hydroxylation sites is 1. The summed E-state index contributed by atoms with van der Waals surface area (Å²) in [6.07, 6.45) is 0. The number of ether oxygens (including phenoxy) is 1. The Labute approximate surface area is 130 Å². The predicted molar refractivity (Wildman–Crippen MR) is 79.9 cm³/mol. The van der Waals surface area contributed by atoms with Crippen LogP contribution in [0, 0.1) is 5.82 Å². The third-order valence-electron chi connectivity index (χ3n) is 3.06. The van der Waals surface area contributed by atoms with Crippen LogP contribution >= 0.6 is 11.6 Å². The Kier molecular flexibility index (Phi) is 3.68. The maximum Gasteiger partial charge on any atom is 0.262 e. The van der Waals surface area contributed by atoms with Crippen molar-refractivity contribution >= 4 is 34.8 Å². The van der Waals surface area contributed by atoms with Gasteiger partial charge in [0.05, 0.1) is 22.0 Å². The van der Waals surface area contributed by atoms with Gasteiger partial charge in [0.15, 0.2) is 12.4 Å². The van der Waals surface area contributed by atoms with Crippen LogP contribution in [0.4, 0.5) is 15.8 Å². The summed E-state index contributed by atoms with van der Waals surface area (Å²) in [4.78, 5) is 23.5. The second-order valence-electron chi connectivity index (χ2n) is 4.60. The van der Waals surface area contributed by atoms with Crippen molar-refractivity contribution in [2.45, 2.75) is 0 Å². The van der Waals surface area contributed by atoms with Crippen molar-refractivity contribution in [3.63, 3.8) is 0 Å². The molecule has 0 radical (unpaired) electrons. The molecular weight excluding hydrogens is 311 g/mol. The summed E-state index contributed by atoms with van der Waals surface area (Å²) in [7, 11) is 0. The highest BCUT2D eigenvalue weighted by Crippen LogP contribution is 2.35. The van der Waals surface area contributed by atoms with Crippen LogP contribution in [0.2, 0.25) is 5.02 Å². The molecule has 0 aromatic heterocycles. The highest BCUT2D eigenvalue weighted by atomic mass is 35.5. The first-order chi connectivity index (χ1) is 10.5. The minimum absolute atomic E-state index is 0.0131. The first-order valence-corrected chi connectivity index (χ1v) is 6.74. The van der Waals surface area contributed by atoms with Gasteiger partial charge in [-0.2, -0.15) is 0 Å². The molecule has 22 heavy (non-hydrogen) atoms. The third-order valence-corrected chi connectivity index (χ3v) is 3.39. The second-order valence-corrected chi connectivity index (χ2v) is 5.00. The molecule has 2 amide bonds. The zero-order valence-corrected chi connectivity index (χ0v) is 11.9. The van der Waals surface area contributed by atoms with Gasteiger partial charge in [-0.3, -0.25) is 9.59 Å². The molecule has 1 aliphatic rings. The van der Waals surface area contributed by atoms with Crippen molar-refractivity contribution in [2.75, 3.05) is 17.2 Å². The van der Waals surface area contributed by atoms with Crippen LogP contribution in [-0.2, 0) is 4.79 Å². The molecule has 0 bridgehead atoms. The molecule has 0 saturated heterocycles. The van der Waals surface area contributed by atoms with Crippen molar-refractivity contribution in [2.24, 2.45) is 0 Å². The molecule has 5 nitrogen and oxygen atoms in total. The predicted octanol–water partition coefficient (Wildman–Crippen LogP) is 3.06. The van der Waals surface area contributed by atoms with Gasteiger partial charge in [0.2, 0.25) is 0 Å². The minimum Gasteiger partial charge on any atom is -0.479 e. The second kappa shape index (κ2) is 5.65. The number of nitrogens with one attached hydrogen (secondary N) is 2. The van der Waals surface area contributed by atoms with Crippen LogP contribution in [0.1, 0.15) is 10.4 Å². The molecule has 0 fully saturated rings. The van der Waals surface area contributed by atoms with E-state index in [4.69, 9.17) is 16.3 Å². The molecule has 7 heteroatoms. The fourth-order valence-electron chi connectivity index (χ4n) is 2.07. The lowest BCUT2D eigenvalue weighted by molar-refractivity contribution is -0.118. The van der Waals surface area contributed by atoms with E-state index in [1.807, 2.05) is 0 Å². The van der Waals surface area contributed by atoms with Gasteiger partial charge in [0.1, 0.15) is 5.82 Å². The molecule has 2 aromatic rings. The first kappa shape index (κ1) is 14.3. The number of hydrogen-bond acceptors (Lipinski definition) is 3. The number of anilines is 2. The number of benzene rings is 2. The monoisotopic (exact) mass is 320 g/mol. The van der Waals surface area contributed by atoms with E-state index in [-0.39, 0.29) is 23.1 Å². The molecule has 1 aliphatic heterocycles. The molecule has 2 aromatic carbocycles. The Balaban J connectivity index is 1.90. The maximum atomic E-state index is 13.3. The topological polar surface area (TPSA) is 67.4 Å². The average molecular weight is 321 g/mol. The van der Waals surface area contributed by atoms with Crippen LogP contribution in [0.5, 0.6) is 5.75 Å². The molecule has 112 valence electrons. The Bertz CT molecular complexity index is 779. The number of halogens is 2. The van der Waals surface area contributed by atoms with Gasteiger partial charge in [-0.15, -0.1) is 0 Å². The molecule has 3 rings (SSSR count). The van der Waals surface area contributed by atoms with Crippen molar-refractivity contribution in [3.05, 3.63) is 52.8 Å². The summed E-state index contributed by atoms with van der Waals surface area (Å²) >= 11 is 5.90. The van der Waals surface area contributed by atoms with E-state index < -0.39 is 11.7 Å². The number of fused-ring (bicyclic) bond motifs is 1. The quantitative estimate of drug-likeness (QED) is 0.893. The summed E-state index contributed by atoms with van der Waals surface area (Å²) < 4.78 is 18.6. The SMILES string of the molecule is O=C1COc2c(cccc2NC(=O)c2cc(F)ccc2Cl)N1. The van der Waals surface area contributed by atoms with Gasteiger partial charge in [-0.05, 0) is 30.3 Å². The third kappa shape index (κ3) is 2.73. The molecule has 1 heterocycles. The zero-order valence-electron chi connectivity index (χ0n) is 11.2. The highest BCUT2D eigenvalue weighted by Gasteiger charge is 2.21. The summed E-state index contributed by atoms with van der Waals surface area (Å²) in [6.45, 7) is -0.138. The lowest BCUT2D eigenvalue weighted by Crippen LogP contribution is -2.26. The van der Waals surface area contributed by atoms with E-state index in [2.05, 4.69) is 10.6 Å². The molecule has 0 aliphatic carbocycles. The van der Waals surface area contributed by atoms with Gasteiger partial charge >= 0.3 is 0 Å². The number of rotatable bonds is 2. The Morgan fingerprint density at radius 3 is 2.95 bits per heavy atom. The maximum absolute atomic E-state index is 13.3. The zero-order chi connectivity index (χ0) is 15.7. The van der Waals surface area contributed by atoms with Crippen LogP contribution < -0.4 is 15.4 Å². The van der Waals surface area contributed by atoms with Crippen LogP contribution in [0.3, 0.4) is 0 Å². The molecule has 0 spiro atoms. The number of carbonyl (C=O) groups is 2. The highest BCUT2D eigenvalue weighted by molar-refractivity contribution is 6.34.